The first-order valence-electron chi connectivity index (χ1n) is 4.06. The molecule has 0 heteroatoms. The molecule has 0 bridgehead atoms. The second kappa shape index (κ2) is 2.72. The van der Waals surface area contributed by atoms with Crippen molar-refractivity contribution in [3.63, 3.8) is 0 Å². The Labute approximate surface area is 58.7 Å². The normalized spacial score (nSPS) is 22.0. The van der Waals surface area contributed by atoms with Crippen LogP contribution < -0.4 is 0 Å². The van der Waals surface area contributed by atoms with Gasteiger partial charge in [-0.05, 0) is 24.7 Å². The van der Waals surface area contributed by atoms with Gasteiger partial charge in [0.15, 0.2) is 0 Å². The molecule has 0 nitrogen and oxygen atoms in total. The van der Waals surface area contributed by atoms with Gasteiger partial charge in [0.05, 0.1) is 0 Å². The molecule has 1 aliphatic rings. The Morgan fingerprint density at radius 3 is 2.44 bits per heavy atom. The first-order valence-corrected chi connectivity index (χ1v) is 4.06. The Bertz CT molecular complexity index is 80.0. The van der Waals surface area contributed by atoms with E-state index in [4.69, 9.17) is 0 Å². The molecule has 0 N–H and O–H groups in total. The molecule has 0 aromatic heterocycles. The van der Waals surface area contributed by atoms with Crippen LogP contribution in [0.4, 0.5) is 0 Å². The van der Waals surface area contributed by atoms with Crippen molar-refractivity contribution < 1.29 is 0 Å². The van der Waals surface area contributed by atoms with Gasteiger partial charge >= 0.3 is 0 Å². The number of hydrogen-bond donors (Lipinski definition) is 0. The molecule has 0 saturated heterocycles. The molecule has 0 aromatic rings. The van der Waals surface area contributed by atoms with Gasteiger partial charge in [0, 0.05) is 0 Å². The van der Waals surface area contributed by atoms with Crippen LogP contribution in [-0.4, -0.2) is 0 Å². The van der Waals surface area contributed by atoms with Crippen LogP contribution in [0.15, 0.2) is 0 Å². The molecule has 1 fully saturated rings. The van der Waals surface area contributed by atoms with Crippen LogP contribution in [0.25, 0.3) is 0 Å². The van der Waals surface area contributed by atoms with E-state index in [1.54, 1.807) is 0 Å². The maximum absolute atomic E-state index is 3.83. The predicted molar refractivity (Wildman–Crippen MR) is 41.2 cm³/mol. The summed E-state index contributed by atoms with van der Waals surface area (Å²) >= 11 is 0. The van der Waals surface area contributed by atoms with Crippen LogP contribution in [0.3, 0.4) is 0 Å². The van der Waals surface area contributed by atoms with Crippen molar-refractivity contribution in [2.24, 2.45) is 5.41 Å². The summed E-state index contributed by atoms with van der Waals surface area (Å²) in [5.74, 6) is 0. The highest BCUT2D eigenvalue weighted by molar-refractivity contribution is 4.87. The van der Waals surface area contributed by atoms with Gasteiger partial charge in [-0.15, -0.1) is 0 Å². The van der Waals surface area contributed by atoms with E-state index in [2.05, 4.69) is 13.8 Å². The van der Waals surface area contributed by atoms with Gasteiger partial charge < -0.3 is 0 Å². The monoisotopic (exact) mass is 125 g/mol. The smallest absolute Gasteiger partial charge is 0.0325 e. The second-order valence-electron chi connectivity index (χ2n) is 3.62. The predicted octanol–water partition coefficient (Wildman–Crippen LogP) is 3.18. The van der Waals surface area contributed by atoms with Gasteiger partial charge in [0.1, 0.15) is 0 Å². The van der Waals surface area contributed by atoms with E-state index in [1.165, 1.54) is 32.1 Å². The first-order chi connectivity index (χ1) is 4.27. The minimum Gasteiger partial charge on any atom is -0.0596 e. The molecule has 9 heavy (non-hydrogen) atoms. The lowest BCUT2D eigenvalue weighted by atomic mass is 10.0. The van der Waals surface area contributed by atoms with Crippen molar-refractivity contribution >= 4 is 0 Å². The molecular weight excluding hydrogens is 108 g/mol. The van der Waals surface area contributed by atoms with Crippen LogP contribution in [0.2, 0.25) is 0 Å². The van der Waals surface area contributed by atoms with E-state index in [0.717, 1.165) is 11.8 Å². The van der Waals surface area contributed by atoms with Crippen molar-refractivity contribution in [3.8, 4) is 0 Å². The Morgan fingerprint density at radius 2 is 2.00 bits per heavy atom. The highest BCUT2D eigenvalue weighted by Gasteiger charge is 2.35. The lowest BCUT2D eigenvalue weighted by molar-refractivity contribution is 0.484. The maximum atomic E-state index is 3.83. The molecule has 0 atom stereocenters. The van der Waals surface area contributed by atoms with Gasteiger partial charge in [-0.3, -0.25) is 0 Å². The minimum absolute atomic E-state index is 0.773. The van der Waals surface area contributed by atoms with E-state index in [0.29, 0.717) is 0 Å². The van der Waals surface area contributed by atoms with Crippen molar-refractivity contribution in [1.82, 2.24) is 0 Å². The summed E-state index contributed by atoms with van der Waals surface area (Å²) in [6, 6.07) is 0. The molecule has 1 saturated carbocycles. The van der Waals surface area contributed by atoms with Gasteiger partial charge in [0.2, 0.25) is 0 Å². The van der Waals surface area contributed by atoms with Crippen LogP contribution in [0.1, 0.15) is 45.4 Å². The number of rotatable bonds is 4. The molecule has 0 unspecified atom stereocenters. The second-order valence-corrected chi connectivity index (χ2v) is 3.62. The Balaban J connectivity index is 1.92. The van der Waals surface area contributed by atoms with Crippen LogP contribution >= 0.6 is 0 Å². The fourth-order valence-corrected chi connectivity index (χ4v) is 1.19. The molecule has 0 amide bonds. The van der Waals surface area contributed by atoms with E-state index in [1.807, 2.05) is 0 Å². The third-order valence-corrected chi connectivity index (χ3v) is 2.38. The standard InChI is InChI=1S/C9H17/c1-3-4-5-6-9(2)7-8-9/h1,3-8H2,2H3. The topological polar surface area (TPSA) is 0 Å². The van der Waals surface area contributed by atoms with E-state index in [9.17, 15) is 0 Å². The summed E-state index contributed by atoms with van der Waals surface area (Å²) in [7, 11) is 0. The van der Waals surface area contributed by atoms with Gasteiger partial charge in [-0.1, -0.05) is 33.1 Å². The van der Waals surface area contributed by atoms with Crippen LogP contribution in [-0.2, 0) is 0 Å². The van der Waals surface area contributed by atoms with Crippen molar-refractivity contribution in [1.29, 1.82) is 0 Å². The van der Waals surface area contributed by atoms with Crippen LogP contribution in [0.5, 0.6) is 0 Å². The molecule has 1 aliphatic carbocycles. The van der Waals surface area contributed by atoms with Gasteiger partial charge in [-0.2, -0.15) is 0 Å². The number of hydrogen-bond acceptors (Lipinski definition) is 0. The first kappa shape index (κ1) is 7.11. The fraction of sp³-hybridized carbons (Fsp3) is 0.889. The van der Waals surface area contributed by atoms with Gasteiger partial charge in [-0.25, -0.2) is 0 Å². The molecule has 1 rings (SSSR count). The zero-order valence-electron chi connectivity index (χ0n) is 6.45. The zero-order valence-corrected chi connectivity index (χ0v) is 6.45. The fourth-order valence-electron chi connectivity index (χ4n) is 1.19. The lowest BCUT2D eigenvalue weighted by Gasteiger charge is -2.04. The Kier molecular flexibility index (Phi) is 2.15. The summed E-state index contributed by atoms with van der Waals surface area (Å²) in [5, 5.41) is 0. The van der Waals surface area contributed by atoms with E-state index < -0.39 is 0 Å². The Hall–Kier alpha value is 0. The largest absolute Gasteiger partial charge is 0.0596 e. The maximum Gasteiger partial charge on any atom is -0.0325 e. The molecule has 53 valence electrons. The van der Waals surface area contributed by atoms with Crippen molar-refractivity contribution in [2.75, 3.05) is 0 Å². The molecule has 0 heterocycles. The van der Waals surface area contributed by atoms with Crippen LogP contribution in [0, 0.1) is 12.3 Å². The molecular formula is C9H17. The highest BCUT2D eigenvalue weighted by Crippen LogP contribution is 2.49. The SMILES string of the molecule is [CH2]CCCCC1(C)CC1. The third kappa shape index (κ3) is 2.38. The third-order valence-electron chi connectivity index (χ3n) is 2.38. The summed E-state index contributed by atoms with van der Waals surface area (Å²) < 4.78 is 0. The summed E-state index contributed by atoms with van der Waals surface area (Å²) in [5.41, 5.74) is 0.773. The Morgan fingerprint density at radius 1 is 1.33 bits per heavy atom. The number of unbranched alkanes of at least 4 members (excludes halogenated alkanes) is 2. The zero-order chi connectivity index (χ0) is 6.74. The molecule has 0 aromatic carbocycles. The summed E-state index contributed by atoms with van der Waals surface area (Å²) in [6.45, 7) is 6.22. The van der Waals surface area contributed by atoms with Gasteiger partial charge in [0.25, 0.3) is 0 Å². The van der Waals surface area contributed by atoms with Crippen molar-refractivity contribution in [3.05, 3.63) is 6.92 Å². The summed E-state index contributed by atoms with van der Waals surface area (Å²) in [6.07, 6.45) is 8.25. The average Bonchev–Trinajstić information content (AvgIpc) is 2.50. The molecule has 0 aliphatic heterocycles. The molecule has 1 radical (unpaired) electrons. The lowest BCUT2D eigenvalue weighted by Crippen LogP contribution is -1.91. The minimum atomic E-state index is 0.773. The quantitative estimate of drug-likeness (QED) is 0.506. The van der Waals surface area contributed by atoms with E-state index >= 15 is 0 Å². The van der Waals surface area contributed by atoms with Crippen molar-refractivity contribution in [2.45, 2.75) is 45.4 Å². The molecule has 0 spiro atoms. The average molecular weight is 125 g/mol. The summed E-state index contributed by atoms with van der Waals surface area (Å²) in [4.78, 5) is 0. The highest BCUT2D eigenvalue weighted by atomic mass is 14.4. The van der Waals surface area contributed by atoms with E-state index in [-0.39, 0.29) is 0 Å².